The largest absolute Gasteiger partial charge is 0.350 e. The van der Waals surface area contributed by atoms with Crippen molar-refractivity contribution < 1.29 is 4.39 Å². The van der Waals surface area contributed by atoms with Crippen molar-refractivity contribution in [2.75, 3.05) is 18.0 Å². The molecule has 8 heteroatoms. The molecule has 0 amide bonds. The van der Waals surface area contributed by atoms with Crippen molar-refractivity contribution in [3.05, 3.63) is 27.2 Å². The summed E-state index contributed by atoms with van der Waals surface area (Å²) in [6.45, 7) is 5.80. The Hall–Kier alpha value is -0.690. The monoisotopic (exact) mass is 420 g/mol. The number of halogens is 4. The molecule has 0 bridgehead atoms. The molecule has 2 atom stereocenters. The lowest BCUT2D eigenvalue weighted by molar-refractivity contribution is 0.423. The predicted octanol–water partition coefficient (Wildman–Crippen LogP) is 4.11. The first-order valence-electron chi connectivity index (χ1n) is 7.32. The smallest absolute Gasteiger partial charge is 0.165 e. The Balaban J connectivity index is 2.26. The van der Waals surface area contributed by atoms with E-state index in [1.165, 1.54) is 0 Å². The Labute approximate surface area is 152 Å². The Bertz CT molecular complexity index is 758. The van der Waals surface area contributed by atoms with Gasteiger partial charge in [-0.05, 0) is 35.8 Å². The van der Waals surface area contributed by atoms with Crippen LogP contribution in [0.4, 0.5) is 10.2 Å². The topological polar surface area (TPSA) is 41.1 Å². The SMILES string of the molecule is C[C@@H]1CN(c2nc(CCl)nc3c(F)c(Br)c(Cl)cc23)[C@@H](C)CN1. The first-order chi connectivity index (χ1) is 10.9. The highest BCUT2D eigenvalue weighted by atomic mass is 79.9. The molecule has 1 N–H and O–H groups in total. The molecule has 124 valence electrons. The molecular formula is C15H16BrCl2FN4. The van der Waals surface area contributed by atoms with Gasteiger partial charge in [0, 0.05) is 30.6 Å². The summed E-state index contributed by atoms with van der Waals surface area (Å²) in [5, 5.41) is 4.32. The predicted molar refractivity (Wildman–Crippen MR) is 96.0 cm³/mol. The molecule has 0 spiro atoms. The minimum Gasteiger partial charge on any atom is -0.350 e. The third-order valence-electron chi connectivity index (χ3n) is 4.01. The molecule has 3 rings (SSSR count). The molecular weight excluding hydrogens is 406 g/mol. The third kappa shape index (κ3) is 3.14. The molecule has 0 radical (unpaired) electrons. The molecule has 1 saturated heterocycles. The second-order valence-corrected chi connectivity index (χ2v) is 7.26. The molecule has 1 aromatic carbocycles. The molecule has 0 unspecified atom stereocenters. The lowest BCUT2D eigenvalue weighted by atomic mass is 10.1. The Morgan fingerprint density at radius 3 is 2.87 bits per heavy atom. The van der Waals surface area contributed by atoms with Crippen LogP contribution in [0.3, 0.4) is 0 Å². The first-order valence-corrected chi connectivity index (χ1v) is 9.03. The van der Waals surface area contributed by atoms with Crippen molar-refractivity contribution >= 4 is 55.9 Å². The van der Waals surface area contributed by atoms with E-state index in [1.807, 2.05) is 0 Å². The van der Waals surface area contributed by atoms with Gasteiger partial charge in [-0.3, -0.25) is 0 Å². The third-order valence-corrected chi connectivity index (χ3v) is 5.55. The summed E-state index contributed by atoms with van der Waals surface area (Å²) >= 11 is 15.2. The number of aromatic nitrogens is 2. The summed E-state index contributed by atoms with van der Waals surface area (Å²) in [4.78, 5) is 11.0. The maximum atomic E-state index is 14.6. The van der Waals surface area contributed by atoms with Crippen LogP contribution in [0.2, 0.25) is 5.02 Å². The molecule has 1 aliphatic heterocycles. The van der Waals surface area contributed by atoms with Gasteiger partial charge < -0.3 is 10.2 Å². The van der Waals surface area contributed by atoms with E-state index < -0.39 is 5.82 Å². The normalized spacial score (nSPS) is 21.9. The van der Waals surface area contributed by atoms with Gasteiger partial charge in [-0.1, -0.05) is 11.6 Å². The number of piperazine rings is 1. The summed E-state index contributed by atoms with van der Waals surface area (Å²) in [5.74, 6) is 0.720. The van der Waals surface area contributed by atoms with E-state index >= 15 is 0 Å². The van der Waals surface area contributed by atoms with E-state index in [9.17, 15) is 4.39 Å². The number of benzene rings is 1. The fourth-order valence-electron chi connectivity index (χ4n) is 2.80. The molecule has 1 aromatic heterocycles. The van der Waals surface area contributed by atoms with Crippen molar-refractivity contribution in [2.45, 2.75) is 31.8 Å². The zero-order chi connectivity index (χ0) is 16.7. The highest BCUT2D eigenvalue weighted by Gasteiger charge is 2.27. The van der Waals surface area contributed by atoms with E-state index in [4.69, 9.17) is 23.2 Å². The van der Waals surface area contributed by atoms with E-state index in [1.54, 1.807) is 6.07 Å². The zero-order valence-electron chi connectivity index (χ0n) is 12.7. The van der Waals surface area contributed by atoms with Crippen LogP contribution in [0.25, 0.3) is 10.9 Å². The summed E-state index contributed by atoms with van der Waals surface area (Å²) in [6.07, 6.45) is 0. The van der Waals surface area contributed by atoms with Crippen LogP contribution >= 0.6 is 39.1 Å². The average Bonchev–Trinajstić information content (AvgIpc) is 2.54. The number of alkyl halides is 1. The number of rotatable bonds is 2. The van der Waals surface area contributed by atoms with E-state index in [2.05, 4.69) is 50.0 Å². The van der Waals surface area contributed by atoms with Crippen molar-refractivity contribution in [2.24, 2.45) is 0 Å². The second kappa shape index (κ2) is 6.67. The van der Waals surface area contributed by atoms with Crippen molar-refractivity contribution in [1.82, 2.24) is 15.3 Å². The van der Waals surface area contributed by atoms with Crippen LogP contribution in [0.15, 0.2) is 10.5 Å². The number of hydrogen-bond acceptors (Lipinski definition) is 4. The Morgan fingerprint density at radius 2 is 2.17 bits per heavy atom. The van der Waals surface area contributed by atoms with Gasteiger partial charge in [0.1, 0.15) is 17.2 Å². The molecule has 1 aliphatic rings. The van der Waals surface area contributed by atoms with Gasteiger partial charge in [0.05, 0.1) is 15.4 Å². The molecule has 23 heavy (non-hydrogen) atoms. The van der Waals surface area contributed by atoms with Crippen LogP contribution in [-0.4, -0.2) is 35.1 Å². The van der Waals surface area contributed by atoms with Crippen LogP contribution in [-0.2, 0) is 5.88 Å². The van der Waals surface area contributed by atoms with Crippen LogP contribution < -0.4 is 10.2 Å². The molecule has 1 fully saturated rings. The number of hydrogen-bond donors (Lipinski definition) is 1. The summed E-state index contributed by atoms with van der Waals surface area (Å²) in [6, 6.07) is 2.24. The molecule has 2 aromatic rings. The highest BCUT2D eigenvalue weighted by Crippen LogP contribution is 2.36. The van der Waals surface area contributed by atoms with Crippen molar-refractivity contribution in [3.8, 4) is 0 Å². The second-order valence-electron chi connectivity index (χ2n) is 5.79. The first kappa shape index (κ1) is 17.1. The number of nitrogens with zero attached hydrogens (tertiary/aromatic N) is 3. The maximum absolute atomic E-state index is 14.6. The van der Waals surface area contributed by atoms with Crippen molar-refractivity contribution in [1.29, 1.82) is 0 Å². The lowest BCUT2D eigenvalue weighted by Gasteiger charge is -2.39. The number of fused-ring (bicyclic) bond motifs is 1. The van der Waals surface area contributed by atoms with Gasteiger partial charge in [0.25, 0.3) is 0 Å². The maximum Gasteiger partial charge on any atom is 0.165 e. The fourth-order valence-corrected chi connectivity index (χ4v) is 3.41. The van der Waals surface area contributed by atoms with Crippen LogP contribution in [0.1, 0.15) is 19.7 Å². The van der Waals surface area contributed by atoms with Crippen LogP contribution in [0, 0.1) is 5.82 Å². The van der Waals surface area contributed by atoms with Gasteiger partial charge in [-0.25, -0.2) is 14.4 Å². The Kier molecular flexibility index (Phi) is 4.97. The molecule has 0 saturated carbocycles. The van der Waals surface area contributed by atoms with Gasteiger partial charge in [0.2, 0.25) is 0 Å². The average molecular weight is 422 g/mol. The lowest BCUT2D eigenvalue weighted by Crippen LogP contribution is -2.54. The quantitative estimate of drug-likeness (QED) is 0.585. The molecule has 0 aliphatic carbocycles. The minimum absolute atomic E-state index is 0.124. The van der Waals surface area contributed by atoms with E-state index in [0.717, 1.165) is 13.1 Å². The van der Waals surface area contributed by atoms with Gasteiger partial charge in [-0.2, -0.15) is 0 Å². The summed E-state index contributed by atoms with van der Waals surface area (Å²) < 4.78 is 14.8. The van der Waals surface area contributed by atoms with E-state index in [-0.39, 0.29) is 21.9 Å². The fraction of sp³-hybridized carbons (Fsp3) is 0.467. The Morgan fingerprint density at radius 1 is 1.43 bits per heavy atom. The van der Waals surface area contributed by atoms with Gasteiger partial charge >= 0.3 is 0 Å². The van der Waals surface area contributed by atoms with Gasteiger partial charge in [-0.15, -0.1) is 11.6 Å². The summed E-state index contributed by atoms with van der Waals surface area (Å²) in [7, 11) is 0. The number of anilines is 1. The van der Waals surface area contributed by atoms with Crippen LogP contribution in [0.5, 0.6) is 0 Å². The standard InChI is InChI=1S/C15H16BrCl2FN4/c1-7-6-23(8(2)5-20-7)15-9-3-10(18)12(16)13(19)14(9)21-11(4-17)22-15/h3,7-8,20H,4-6H2,1-2H3/t7-,8+/m1/s1. The number of nitrogens with one attached hydrogen (secondary N) is 1. The molecule has 2 heterocycles. The summed E-state index contributed by atoms with van der Waals surface area (Å²) in [5.41, 5.74) is 0.236. The molecule has 4 nitrogen and oxygen atoms in total. The van der Waals surface area contributed by atoms with Crippen molar-refractivity contribution in [3.63, 3.8) is 0 Å². The van der Waals surface area contributed by atoms with Gasteiger partial charge in [0.15, 0.2) is 5.82 Å². The highest BCUT2D eigenvalue weighted by molar-refractivity contribution is 9.10. The zero-order valence-corrected chi connectivity index (χ0v) is 15.8. The van der Waals surface area contributed by atoms with E-state index in [0.29, 0.717) is 28.1 Å². The minimum atomic E-state index is -0.488.